The van der Waals surface area contributed by atoms with E-state index in [9.17, 15) is 4.79 Å². The average molecular weight is 305 g/mol. The van der Waals surface area contributed by atoms with Gasteiger partial charge >= 0.3 is 0 Å². The lowest BCUT2D eigenvalue weighted by Crippen LogP contribution is -2.64. The van der Waals surface area contributed by atoms with Gasteiger partial charge in [0, 0.05) is 44.2 Å². The van der Waals surface area contributed by atoms with Crippen LogP contribution in [-0.2, 0) is 4.79 Å². The molecule has 4 nitrogen and oxygen atoms in total. The van der Waals surface area contributed by atoms with Gasteiger partial charge in [-0.1, -0.05) is 12.8 Å². The maximum Gasteiger partial charge on any atom is 0.225 e. The van der Waals surface area contributed by atoms with E-state index in [2.05, 4.69) is 14.7 Å². The molecule has 1 saturated carbocycles. The minimum atomic E-state index is 0.379. The zero-order valence-electron chi connectivity index (χ0n) is 13.9. The number of nitrogens with zero attached hydrogens (tertiary/aromatic N) is 3. The Balaban J connectivity index is 1.19. The highest BCUT2D eigenvalue weighted by Crippen LogP contribution is 2.31. The molecule has 0 unspecified atom stereocenters. The Morgan fingerprint density at radius 3 is 1.95 bits per heavy atom. The lowest BCUT2D eigenvalue weighted by atomic mass is 9.83. The Hall–Kier alpha value is -0.610. The first kappa shape index (κ1) is 14.9. The molecule has 0 bridgehead atoms. The van der Waals surface area contributed by atoms with Gasteiger partial charge in [0.05, 0.1) is 0 Å². The summed E-state index contributed by atoms with van der Waals surface area (Å²) in [5.74, 6) is 0.837. The van der Waals surface area contributed by atoms with Crippen molar-refractivity contribution in [1.29, 1.82) is 0 Å². The maximum absolute atomic E-state index is 12.3. The molecule has 0 radical (unpaired) electrons. The van der Waals surface area contributed by atoms with Crippen LogP contribution in [0.1, 0.15) is 51.4 Å². The summed E-state index contributed by atoms with van der Waals surface area (Å²) in [6, 6.07) is 1.57. The highest BCUT2D eigenvalue weighted by atomic mass is 16.2. The molecule has 4 heteroatoms. The van der Waals surface area contributed by atoms with Gasteiger partial charge in [0.1, 0.15) is 0 Å². The van der Waals surface area contributed by atoms with E-state index >= 15 is 0 Å². The lowest BCUT2D eigenvalue weighted by molar-refractivity contribution is -0.140. The third-order valence-electron chi connectivity index (χ3n) is 6.54. The molecular formula is C18H31N3O. The van der Waals surface area contributed by atoms with Crippen molar-refractivity contribution in [2.75, 3.05) is 39.3 Å². The van der Waals surface area contributed by atoms with E-state index in [1.54, 1.807) is 0 Å². The number of hydrogen-bond acceptors (Lipinski definition) is 3. The van der Waals surface area contributed by atoms with Crippen molar-refractivity contribution < 1.29 is 4.79 Å². The molecule has 0 atom stereocenters. The van der Waals surface area contributed by atoms with Crippen molar-refractivity contribution in [2.24, 2.45) is 5.92 Å². The van der Waals surface area contributed by atoms with Crippen LogP contribution in [0.4, 0.5) is 0 Å². The Kier molecular flexibility index (Phi) is 4.40. The monoisotopic (exact) mass is 305 g/mol. The zero-order valence-corrected chi connectivity index (χ0v) is 13.9. The molecule has 1 aliphatic carbocycles. The second kappa shape index (κ2) is 6.48. The molecule has 3 heterocycles. The van der Waals surface area contributed by atoms with Crippen LogP contribution in [0.3, 0.4) is 0 Å². The predicted octanol–water partition coefficient (Wildman–Crippen LogP) is 1.95. The van der Waals surface area contributed by atoms with Crippen LogP contribution in [0.15, 0.2) is 0 Å². The molecule has 0 aromatic rings. The summed E-state index contributed by atoms with van der Waals surface area (Å²) in [6.45, 7) is 7.22. The van der Waals surface area contributed by atoms with E-state index in [1.807, 2.05) is 0 Å². The number of piperidine rings is 2. The molecule has 4 aliphatic rings. The molecule has 4 rings (SSSR count). The first-order valence-corrected chi connectivity index (χ1v) is 9.58. The van der Waals surface area contributed by atoms with Gasteiger partial charge < -0.3 is 4.90 Å². The highest BCUT2D eigenvalue weighted by molar-refractivity contribution is 5.79. The van der Waals surface area contributed by atoms with Crippen molar-refractivity contribution in [3.63, 3.8) is 0 Å². The van der Waals surface area contributed by atoms with Gasteiger partial charge in [-0.15, -0.1) is 0 Å². The van der Waals surface area contributed by atoms with Gasteiger partial charge in [-0.3, -0.25) is 14.6 Å². The van der Waals surface area contributed by atoms with Crippen LogP contribution in [0.25, 0.3) is 0 Å². The lowest BCUT2D eigenvalue weighted by Gasteiger charge is -2.51. The Labute approximate surface area is 134 Å². The summed E-state index contributed by atoms with van der Waals surface area (Å²) in [5.41, 5.74) is 0. The SMILES string of the molecule is O=C(C1CCC1)N1CCC(N2CC(N3CCCCC3)C2)CC1. The number of hydrogen-bond donors (Lipinski definition) is 0. The highest BCUT2D eigenvalue weighted by Gasteiger charge is 2.38. The normalized spacial score (nSPS) is 30.1. The first-order valence-electron chi connectivity index (χ1n) is 9.58. The third kappa shape index (κ3) is 2.92. The van der Waals surface area contributed by atoms with Gasteiger partial charge in [-0.25, -0.2) is 0 Å². The number of likely N-dealkylation sites (tertiary alicyclic amines) is 3. The smallest absolute Gasteiger partial charge is 0.225 e. The van der Waals surface area contributed by atoms with Crippen molar-refractivity contribution in [1.82, 2.24) is 14.7 Å². The van der Waals surface area contributed by atoms with Crippen molar-refractivity contribution >= 4 is 5.91 Å². The van der Waals surface area contributed by atoms with Crippen LogP contribution in [0.2, 0.25) is 0 Å². The Morgan fingerprint density at radius 2 is 1.36 bits per heavy atom. The zero-order chi connectivity index (χ0) is 14.9. The van der Waals surface area contributed by atoms with E-state index in [0.717, 1.165) is 38.0 Å². The Bertz CT molecular complexity index is 389. The number of carbonyl (C=O) groups excluding carboxylic acids is 1. The van der Waals surface area contributed by atoms with Crippen LogP contribution < -0.4 is 0 Å². The fourth-order valence-corrected chi connectivity index (χ4v) is 4.67. The molecule has 0 aromatic carbocycles. The maximum atomic E-state index is 12.3. The molecule has 3 aliphatic heterocycles. The second-order valence-electron chi connectivity index (χ2n) is 7.89. The minimum Gasteiger partial charge on any atom is -0.342 e. The largest absolute Gasteiger partial charge is 0.342 e. The van der Waals surface area contributed by atoms with E-state index in [-0.39, 0.29) is 0 Å². The average Bonchev–Trinajstić information content (AvgIpc) is 2.46. The van der Waals surface area contributed by atoms with E-state index in [4.69, 9.17) is 0 Å². The summed E-state index contributed by atoms with van der Waals surface area (Å²) in [5, 5.41) is 0. The number of rotatable bonds is 3. The van der Waals surface area contributed by atoms with Gasteiger partial charge in [-0.05, 0) is 51.6 Å². The van der Waals surface area contributed by atoms with Crippen molar-refractivity contribution in [3.05, 3.63) is 0 Å². The van der Waals surface area contributed by atoms with Crippen LogP contribution in [0, 0.1) is 5.92 Å². The third-order valence-corrected chi connectivity index (χ3v) is 6.54. The summed E-state index contributed by atoms with van der Waals surface area (Å²) >= 11 is 0. The van der Waals surface area contributed by atoms with E-state index in [0.29, 0.717) is 11.8 Å². The first-order chi connectivity index (χ1) is 10.8. The molecule has 0 N–H and O–H groups in total. The van der Waals surface area contributed by atoms with Gasteiger partial charge in [-0.2, -0.15) is 0 Å². The van der Waals surface area contributed by atoms with Crippen LogP contribution >= 0.6 is 0 Å². The standard InChI is InChI=1S/C18H31N3O/c22-18(15-5-4-6-15)20-11-7-16(8-12-20)21-13-17(14-21)19-9-2-1-3-10-19/h15-17H,1-14H2. The second-order valence-corrected chi connectivity index (χ2v) is 7.89. The van der Waals surface area contributed by atoms with Gasteiger partial charge in [0.2, 0.25) is 5.91 Å². The fourth-order valence-electron chi connectivity index (χ4n) is 4.67. The summed E-state index contributed by atoms with van der Waals surface area (Å²) in [4.78, 5) is 19.9. The molecule has 124 valence electrons. The molecule has 1 amide bonds. The fraction of sp³-hybridized carbons (Fsp3) is 0.944. The van der Waals surface area contributed by atoms with E-state index < -0.39 is 0 Å². The van der Waals surface area contributed by atoms with Gasteiger partial charge in [0.25, 0.3) is 0 Å². The van der Waals surface area contributed by atoms with E-state index in [1.165, 1.54) is 64.7 Å². The Morgan fingerprint density at radius 1 is 0.682 bits per heavy atom. The van der Waals surface area contributed by atoms with Crippen molar-refractivity contribution in [2.45, 2.75) is 63.5 Å². The quantitative estimate of drug-likeness (QED) is 0.797. The number of carbonyl (C=O) groups is 1. The topological polar surface area (TPSA) is 26.8 Å². The molecule has 0 aromatic heterocycles. The summed E-state index contributed by atoms with van der Waals surface area (Å²) < 4.78 is 0. The molecule has 3 saturated heterocycles. The molecule has 4 fully saturated rings. The molecule has 0 spiro atoms. The predicted molar refractivity (Wildman–Crippen MR) is 87.7 cm³/mol. The molecule has 22 heavy (non-hydrogen) atoms. The van der Waals surface area contributed by atoms with Crippen LogP contribution in [0.5, 0.6) is 0 Å². The van der Waals surface area contributed by atoms with Crippen molar-refractivity contribution in [3.8, 4) is 0 Å². The number of amides is 1. The van der Waals surface area contributed by atoms with Gasteiger partial charge in [0.15, 0.2) is 0 Å². The molecular weight excluding hydrogens is 274 g/mol. The summed E-state index contributed by atoms with van der Waals surface area (Å²) in [6.07, 6.45) is 10.2. The van der Waals surface area contributed by atoms with Crippen LogP contribution in [-0.4, -0.2) is 72.0 Å². The summed E-state index contributed by atoms with van der Waals surface area (Å²) in [7, 11) is 0. The minimum absolute atomic E-state index is 0.379.